The van der Waals surface area contributed by atoms with E-state index < -0.39 is 11.7 Å². The van der Waals surface area contributed by atoms with E-state index in [-0.39, 0.29) is 0 Å². The lowest BCUT2D eigenvalue weighted by Gasteiger charge is -2.25. The van der Waals surface area contributed by atoms with Crippen LogP contribution in [0.5, 0.6) is 5.75 Å². The van der Waals surface area contributed by atoms with Crippen molar-refractivity contribution >= 4 is 17.2 Å². The first-order valence-electron chi connectivity index (χ1n) is 6.57. The van der Waals surface area contributed by atoms with Gasteiger partial charge in [0.25, 0.3) is 0 Å². The van der Waals surface area contributed by atoms with Gasteiger partial charge in [-0.2, -0.15) is 0 Å². The molecule has 0 aliphatic carbocycles. The zero-order valence-corrected chi connectivity index (χ0v) is 12.5. The molecule has 2 aromatic rings. The number of nitrogens with one attached hydrogen (secondary N) is 1. The number of benzene rings is 1. The Balaban J connectivity index is 2.57. The molecule has 0 spiro atoms. The Morgan fingerprint density at radius 3 is 2.60 bits per heavy atom. The molecule has 0 aliphatic heterocycles. The summed E-state index contributed by atoms with van der Waals surface area (Å²) in [7, 11) is 1.60. The Morgan fingerprint density at radius 2 is 2.05 bits per heavy atom. The molecule has 0 saturated heterocycles. The lowest BCUT2D eigenvalue weighted by atomic mass is 10.0. The van der Waals surface area contributed by atoms with Gasteiger partial charge >= 0.3 is 0 Å². The minimum absolute atomic E-state index is 0.412. The molecular weight excluding hydrogens is 254 g/mol. The largest absolute Gasteiger partial charge is 0.496 e. The van der Waals surface area contributed by atoms with Crippen molar-refractivity contribution in [3.63, 3.8) is 0 Å². The molecule has 2 rings (SSSR count). The lowest BCUT2D eigenvalue weighted by molar-refractivity contribution is -0.128. The van der Waals surface area contributed by atoms with Crippen molar-refractivity contribution < 1.29 is 14.3 Å². The number of H-pyrrole nitrogens is 1. The molecule has 4 nitrogen and oxygen atoms in total. The summed E-state index contributed by atoms with van der Waals surface area (Å²) in [6, 6.07) is 3.77. The number of carbonyl (C=O) groups excluding carboxylic acids is 1. The van der Waals surface area contributed by atoms with Crippen LogP contribution in [-0.4, -0.2) is 24.0 Å². The maximum Gasteiger partial charge on any atom is 0.153 e. The van der Waals surface area contributed by atoms with Crippen LogP contribution in [0.3, 0.4) is 0 Å². The summed E-state index contributed by atoms with van der Waals surface area (Å²) in [6.45, 7) is 7.71. The van der Waals surface area contributed by atoms with Crippen LogP contribution >= 0.6 is 0 Å². The van der Waals surface area contributed by atoms with Crippen LogP contribution < -0.4 is 4.74 Å². The standard InChI is InChI=1S/C16H20NO3/c1-10-8-17-12-7-6-11(15(19-5)14(10)12)13(9-18)20-16(2,3)4/h6-7,9,13,17H,1-5H3. The number of rotatable bonds is 4. The molecule has 0 amide bonds. The third-order valence-corrected chi connectivity index (χ3v) is 3.06. The summed E-state index contributed by atoms with van der Waals surface area (Å²) in [5.74, 6) is 0.666. The van der Waals surface area contributed by atoms with Gasteiger partial charge in [0.05, 0.1) is 18.9 Å². The van der Waals surface area contributed by atoms with E-state index in [1.807, 2.05) is 39.8 Å². The van der Waals surface area contributed by atoms with Gasteiger partial charge in [-0.1, -0.05) is 6.07 Å². The van der Waals surface area contributed by atoms with Crippen LogP contribution in [0.1, 0.15) is 38.0 Å². The van der Waals surface area contributed by atoms with Crippen LogP contribution in [0.25, 0.3) is 10.9 Å². The van der Waals surface area contributed by atoms with E-state index in [4.69, 9.17) is 9.47 Å². The molecule has 1 aromatic heterocycles. The predicted molar refractivity (Wildman–Crippen MR) is 78.1 cm³/mol. The summed E-state index contributed by atoms with van der Waals surface area (Å²) in [6.07, 6.45) is 3.21. The highest BCUT2D eigenvalue weighted by Crippen LogP contribution is 2.37. The van der Waals surface area contributed by atoms with Crippen LogP contribution in [0.15, 0.2) is 12.1 Å². The first kappa shape index (κ1) is 14.6. The average Bonchev–Trinajstić information content (AvgIpc) is 2.76. The maximum absolute atomic E-state index is 11.4. The highest BCUT2D eigenvalue weighted by atomic mass is 16.5. The Morgan fingerprint density at radius 1 is 1.35 bits per heavy atom. The topological polar surface area (TPSA) is 51.3 Å². The van der Waals surface area contributed by atoms with Crippen molar-refractivity contribution in [1.29, 1.82) is 0 Å². The van der Waals surface area contributed by atoms with Crippen LogP contribution in [-0.2, 0) is 9.53 Å². The smallest absolute Gasteiger partial charge is 0.153 e. The van der Waals surface area contributed by atoms with Crippen molar-refractivity contribution in [2.45, 2.75) is 39.4 Å². The number of hydrogen-bond acceptors (Lipinski definition) is 3. The molecule has 1 heterocycles. The van der Waals surface area contributed by atoms with Crippen LogP contribution in [0.2, 0.25) is 0 Å². The van der Waals surface area contributed by atoms with E-state index in [1.165, 1.54) is 0 Å². The first-order valence-corrected chi connectivity index (χ1v) is 6.57. The third kappa shape index (κ3) is 2.70. The molecule has 1 N–H and O–H groups in total. The average molecular weight is 274 g/mol. The van der Waals surface area contributed by atoms with Gasteiger partial charge in [0.1, 0.15) is 11.9 Å². The molecule has 1 aromatic carbocycles. The number of aldehydes is 1. The van der Waals surface area contributed by atoms with Gasteiger partial charge in [0.15, 0.2) is 6.29 Å². The fourth-order valence-electron chi connectivity index (χ4n) is 2.29. The number of fused-ring (bicyclic) bond motifs is 1. The second-order valence-electron chi connectivity index (χ2n) is 5.77. The lowest BCUT2D eigenvalue weighted by Crippen LogP contribution is -2.23. The van der Waals surface area contributed by atoms with Gasteiger partial charge in [-0.15, -0.1) is 0 Å². The van der Waals surface area contributed by atoms with Gasteiger partial charge < -0.3 is 19.3 Å². The Hall–Kier alpha value is -1.81. The molecule has 0 fully saturated rings. The fourth-order valence-corrected chi connectivity index (χ4v) is 2.29. The Bertz CT molecular complexity index is 622. The SMILES string of the molecule is COc1c(C(C=O)OC(C)(C)C)ccc2[nH][c]c(C)c12. The van der Waals surface area contributed by atoms with Crippen molar-refractivity contribution in [2.24, 2.45) is 0 Å². The summed E-state index contributed by atoms with van der Waals surface area (Å²) >= 11 is 0. The molecular formula is C16H20NO3. The highest BCUT2D eigenvalue weighted by molar-refractivity contribution is 5.91. The molecule has 107 valence electrons. The number of ether oxygens (including phenoxy) is 2. The molecule has 1 radical (unpaired) electrons. The van der Waals surface area contributed by atoms with Gasteiger partial charge in [0.2, 0.25) is 0 Å². The van der Waals surface area contributed by atoms with E-state index >= 15 is 0 Å². The number of aromatic nitrogens is 1. The zero-order valence-electron chi connectivity index (χ0n) is 12.5. The molecule has 0 saturated carbocycles. The first-order chi connectivity index (χ1) is 9.37. The molecule has 1 atom stereocenters. The number of aromatic amines is 1. The number of hydrogen-bond donors (Lipinski definition) is 1. The number of methoxy groups -OCH3 is 1. The summed E-state index contributed by atoms with van der Waals surface area (Å²) in [5, 5.41) is 0.939. The van der Waals surface area contributed by atoms with Crippen LogP contribution in [0.4, 0.5) is 0 Å². The van der Waals surface area contributed by atoms with Crippen molar-refractivity contribution in [3.8, 4) is 5.75 Å². The summed E-state index contributed by atoms with van der Waals surface area (Å²) < 4.78 is 11.3. The predicted octanol–water partition coefficient (Wildman–Crippen LogP) is 3.34. The van der Waals surface area contributed by atoms with E-state index in [1.54, 1.807) is 7.11 Å². The molecule has 4 heteroatoms. The Kier molecular flexibility index (Phi) is 3.86. The van der Waals surface area contributed by atoms with E-state index in [9.17, 15) is 4.79 Å². The highest BCUT2D eigenvalue weighted by Gasteiger charge is 2.24. The zero-order chi connectivity index (χ0) is 14.9. The number of aryl methyl sites for hydroxylation is 1. The number of carbonyl (C=O) groups is 1. The van der Waals surface area contributed by atoms with E-state index in [0.29, 0.717) is 5.75 Å². The maximum atomic E-state index is 11.4. The van der Waals surface area contributed by atoms with Crippen molar-refractivity contribution in [3.05, 3.63) is 29.5 Å². The fraction of sp³-hybridized carbons (Fsp3) is 0.438. The second kappa shape index (κ2) is 5.29. The van der Waals surface area contributed by atoms with Crippen molar-refractivity contribution in [2.75, 3.05) is 7.11 Å². The van der Waals surface area contributed by atoms with Crippen LogP contribution in [0, 0.1) is 13.1 Å². The monoisotopic (exact) mass is 274 g/mol. The molecule has 20 heavy (non-hydrogen) atoms. The minimum Gasteiger partial charge on any atom is -0.496 e. The Labute approximate surface area is 119 Å². The summed E-state index contributed by atoms with van der Waals surface area (Å²) in [5.41, 5.74) is 2.22. The minimum atomic E-state index is -0.649. The van der Waals surface area contributed by atoms with Crippen molar-refractivity contribution in [1.82, 2.24) is 4.98 Å². The van der Waals surface area contributed by atoms with Gasteiger partial charge in [-0.3, -0.25) is 0 Å². The van der Waals surface area contributed by atoms with Gasteiger partial charge in [-0.05, 0) is 39.3 Å². The van der Waals surface area contributed by atoms with Gasteiger partial charge in [-0.25, -0.2) is 0 Å². The molecule has 0 aliphatic rings. The molecule has 1 unspecified atom stereocenters. The summed E-state index contributed by atoms with van der Waals surface area (Å²) in [4.78, 5) is 14.5. The quantitative estimate of drug-likeness (QED) is 0.870. The van der Waals surface area contributed by atoms with E-state index in [2.05, 4.69) is 11.2 Å². The third-order valence-electron chi connectivity index (χ3n) is 3.06. The van der Waals surface area contributed by atoms with Gasteiger partial charge in [0, 0.05) is 16.5 Å². The molecule has 0 bridgehead atoms. The normalized spacial score (nSPS) is 13.4. The second-order valence-corrected chi connectivity index (χ2v) is 5.77. The van der Waals surface area contributed by atoms with E-state index in [0.717, 1.165) is 28.3 Å².